The maximum absolute atomic E-state index is 5.30. The van der Waals surface area contributed by atoms with Crippen LogP contribution >= 0.6 is 0 Å². The fourth-order valence-corrected chi connectivity index (χ4v) is 1.18. The average Bonchev–Trinajstić information content (AvgIpc) is 2.79. The van der Waals surface area contributed by atoms with E-state index in [1.165, 1.54) is 0 Å². The molecule has 18 heavy (non-hydrogen) atoms. The first-order valence-electron chi connectivity index (χ1n) is 6.09. The second-order valence-corrected chi connectivity index (χ2v) is 4.09. The Labute approximate surface area is 108 Å². The van der Waals surface area contributed by atoms with E-state index in [9.17, 15) is 0 Å². The monoisotopic (exact) mass is 258 g/mol. The van der Waals surface area contributed by atoms with E-state index in [2.05, 4.69) is 24.1 Å². The van der Waals surface area contributed by atoms with Crippen molar-refractivity contribution in [3.05, 3.63) is 12.0 Å². The Hall–Kier alpha value is -1.11. The van der Waals surface area contributed by atoms with E-state index in [0.717, 1.165) is 5.69 Å². The summed E-state index contributed by atoms with van der Waals surface area (Å²) >= 11 is 0. The molecule has 0 saturated carbocycles. The number of hydrogen-bond acceptors (Lipinski definition) is 6. The van der Waals surface area contributed by atoms with Crippen molar-refractivity contribution in [3.8, 4) is 6.08 Å². The molecule has 1 N–H and O–H groups in total. The second-order valence-electron chi connectivity index (χ2n) is 4.09. The molecule has 6 heteroatoms. The van der Waals surface area contributed by atoms with Gasteiger partial charge in [-0.1, -0.05) is 13.8 Å². The summed E-state index contributed by atoms with van der Waals surface area (Å²) in [5.41, 5.74) is 0.832. The van der Waals surface area contributed by atoms with Crippen LogP contribution in [0.5, 0.6) is 6.08 Å². The van der Waals surface area contributed by atoms with Gasteiger partial charge in [-0.05, 0) is 0 Å². The molecule has 6 nitrogen and oxygen atoms in total. The standard InChI is InChI=1S/C12H22N2O4/c1-10(2)13-8-11-9-18-12(14-11)17-7-6-16-5-4-15-3/h9-10,13H,4-8H2,1-3H3. The molecule has 0 aliphatic rings. The molecule has 0 aliphatic carbocycles. The molecule has 104 valence electrons. The topological polar surface area (TPSA) is 65.8 Å². The van der Waals surface area contributed by atoms with Crippen LogP contribution in [0.3, 0.4) is 0 Å². The Morgan fingerprint density at radius 3 is 2.78 bits per heavy atom. The first-order valence-corrected chi connectivity index (χ1v) is 6.09. The minimum absolute atomic E-state index is 0.283. The maximum Gasteiger partial charge on any atom is 0.393 e. The Morgan fingerprint density at radius 2 is 2.06 bits per heavy atom. The second kappa shape index (κ2) is 8.91. The SMILES string of the molecule is COCCOCCOc1nc(CNC(C)C)co1. The summed E-state index contributed by atoms with van der Waals surface area (Å²) in [5.74, 6) is 0. The minimum atomic E-state index is 0.283. The highest BCUT2D eigenvalue weighted by atomic mass is 16.6. The van der Waals surface area contributed by atoms with Crippen LogP contribution in [0.4, 0.5) is 0 Å². The number of rotatable bonds is 10. The van der Waals surface area contributed by atoms with Gasteiger partial charge in [0.05, 0.1) is 25.5 Å². The van der Waals surface area contributed by atoms with Gasteiger partial charge in [-0.15, -0.1) is 0 Å². The molecule has 1 aromatic rings. The third-order valence-electron chi connectivity index (χ3n) is 2.11. The van der Waals surface area contributed by atoms with E-state index in [1.807, 2.05) is 0 Å². The Bertz CT molecular complexity index is 315. The smallest absolute Gasteiger partial charge is 0.393 e. The Balaban J connectivity index is 2.11. The zero-order chi connectivity index (χ0) is 13.2. The predicted octanol–water partition coefficient (Wildman–Crippen LogP) is 1.21. The lowest BCUT2D eigenvalue weighted by Gasteiger charge is -2.04. The van der Waals surface area contributed by atoms with Crippen molar-refractivity contribution < 1.29 is 18.6 Å². The zero-order valence-corrected chi connectivity index (χ0v) is 11.3. The first-order chi connectivity index (χ1) is 8.72. The van der Waals surface area contributed by atoms with E-state index in [0.29, 0.717) is 39.0 Å². The van der Waals surface area contributed by atoms with Gasteiger partial charge in [-0.3, -0.25) is 0 Å². The molecule has 0 amide bonds. The average molecular weight is 258 g/mol. The molecule has 1 rings (SSSR count). The van der Waals surface area contributed by atoms with Gasteiger partial charge in [0.1, 0.15) is 12.9 Å². The molecule has 0 bridgehead atoms. The molecule has 0 saturated heterocycles. The molecule has 0 atom stereocenters. The van der Waals surface area contributed by atoms with Crippen molar-refractivity contribution in [1.82, 2.24) is 10.3 Å². The lowest BCUT2D eigenvalue weighted by molar-refractivity contribution is 0.0489. The molecule has 0 aromatic carbocycles. The Kier molecular flexibility index (Phi) is 7.40. The quantitative estimate of drug-likeness (QED) is 0.636. The lowest BCUT2D eigenvalue weighted by Crippen LogP contribution is -2.21. The third-order valence-corrected chi connectivity index (χ3v) is 2.11. The number of aromatic nitrogens is 1. The number of oxazole rings is 1. The van der Waals surface area contributed by atoms with Crippen LogP contribution < -0.4 is 10.1 Å². The van der Waals surface area contributed by atoms with Gasteiger partial charge in [0.2, 0.25) is 0 Å². The third kappa shape index (κ3) is 6.58. The van der Waals surface area contributed by atoms with Crippen molar-refractivity contribution in [2.24, 2.45) is 0 Å². The number of nitrogens with one attached hydrogen (secondary N) is 1. The molecule has 0 spiro atoms. The summed E-state index contributed by atoms with van der Waals surface area (Å²) in [5, 5.41) is 3.25. The van der Waals surface area contributed by atoms with E-state index < -0.39 is 0 Å². The molecule has 0 radical (unpaired) electrons. The fraction of sp³-hybridized carbons (Fsp3) is 0.750. The van der Waals surface area contributed by atoms with E-state index in [-0.39, 0.29) is 6.08 Å². The fourth-order valence-electron chi connectivity index (χ4n) is 1.18. The molecule has 0 aliphatic heterocycles. The number of nitrogens with zero attached hydrogens (tertiary/aromatic N) is 1. The summed E-state index contributed by atoms with van der Waals surface area (Å²) < 4.78 is 20.6. The van der Waals surface area contributed by atoms with Crippen molar-refractivity contribution in [3.63, 3.8) is 0 Å². The normalized spacial score (nSPS) is 11.1. The summed E-state index contributed by atoms with van der Waals surface area (Å²) in [7, 11) is 1.64. The lowest BCUT2D eigenvalue weighted by atomic mass is 10.4. The van der Waals surface area contributed by atoms with Crippen LogP contribution in [0.1, 0.15) is 19.5 Å². The van der Waals surface area contributed by atoms with E-state index in [1.54, 1.807) is 13.4 Å². The largest absolute Gasteiger partial charge is 0.448 e. The van der Waals surface area contributed by atoms with Gasteiger partial charge in [0.25, 0.3) is 0 Å². The Morgan fingerprint density at radius 1 is 1.28 bits per heavy atom. The van der Waals surface area contributed by atoms with Gasteiger partial charge in [-0.25, -0.2) is 0 Å². The maximum atomic E-state index is 5.30. The molecular weight excluding hydrogens is 236 g/mol. The van der Waals surface area contributed by atoms with Crippen LogP contribution in [0.2, 0.25) is 0 Å². The van der Waals surface area contributed by atoms with Crippen LogP contribution in [-0.2, 0) is 16.0 Å². The van der Waals surface area contributed by atoms with Gasteiger partial charge < -0.3 is 23.9 Å². The van der Waals surface area contributed by atoms with E-state index >= 15 is 0 Å². The van der Waals surface area contributed by atoms with Crippen molar-refractivity contribution in [2.75, 3.05) is 33.5 Å². The van der Waals surface area contributed by atoms with Crippen molar-refractivity contribution >= 4 is 0 Å². The zero-order valence-electron chi connectivity index (χ0n) is 11.3. The van der Waals surface area contributed by atoms with Gasteiger partial charge >= 0.3 is 6.08 Å². The van der Waals surface area contributed by atoms with Crippen LogP contribution in [0, 0.1) is 0 Å². The number of methoxy groups -OCH3 is 1. The van der Waals surface area contributed by atoms with Crippen LogP contribution in [-0.4, -0.2) is 44.6 Å². The van der Waals surface area contributed by atoms with Gasteiger partial charge in [0.15, 0.2) is 0 Å². The van der Waals surface area contributed by atoms with Gasteiger partial charge in [-0.2, -0.15) is 4.98 Å². The summed E-state index contributed by atoms with van der Waals surface area (Å²) in [6.07, 6.45) is 1.88. The molecule has 1 aromatic heterocycles. The predicted molar refractivity (Wildman–Crippen MR) is 66.7 cm³/mol. The van der Waals surface area contributed by atoms with Crippen LogP contribution in [0.25, 0.3) is 0 Å². The summed E-state index contributed by atoms with van der Waals surface area (Å²) in [6, 6.07) is 0.417. The molecule has 0 unspecified atom stereocenters. The van der Waals surface area contributed by atoms with Crippen molar-refractivity contribution in [1.29, 1.82) is 0 Å². The molecule has 0 fully saturated rings. The highest BCUT2D eigenvalue weighted by Gasteiger charge is 2.05. The summed E-state index contributed by atoms with van der Waals surface area (Å²) in [4.78, 5) is 4.18. The van der Waals surface area contributed by atoms with Crippen molar-refractivity contribution in [2.45, 2.75) is 26.4 Å². The number of hydrogen-bond donors (Lipinski definition) is 1. The summed E-state index contributed by atoms with van der Waals surface area (Å²) in [6.45, 7) is 6.89. The highest BCUT2D eigenvalue weighted by Crippen LogP contribution is 2.09. The highest BCUT2D eigenvalue weighted by molar-refractivity contribution is 4.99. The molecule has 1 heterocycles. The van der Waals surface area contributed by atoms with Gasteiger partial charge in [0, 0.05) is 19.7 Å². The molecular formula is C12H22N2O4. The van der Waals surface area contributed by atoms with Crippen LogP contribution in [0.15, 0.2) is 10.7 Å². The van der Waals surface area contributed by atoms with E-state index in [4.69, 9.17) is 18.6 Å². The first kappa shape index (κ1) is 14.9. The number of ether oxygens (including phenoxy) is 3. The minimum Gasteiger partial charge on any atom is -0.448 e.